The molecule has 1 aromatic heterocycles. The zero-order chi connectivity index (χ0) is 18.8. The summed E-state index contributed by atoms with van der Waals surface area (Å²) in [6.07, 6.45) is 9.01. The molecule has 1 aromatic rings. The predicted octanol–water partition coefficient (Wildman–Crippen LogP) is 3.26. The number of ether oxygens (including phenoxy) is 1. The molecule has 0 amide bonds. The zero-order valence-electron chi connectivity index (χ0n) is 15.9. The van der Waals surface area contributed by atoms with Gasteiger partial charge in [0.05, 0.1) is 23.1 Å². The molecule has 0 saturated heterocycles. The molecule has 4 bridgehead atoms. The first-order valence-corrected chi connectivity index (χ1v) is 10.2. The van der Waals surface area contributed by atoms with Gasteiger partial charge in [-0.3, -0.25) is 9.98 Å². The summed E-state index contributed by atoms with van der Waals surface area (Å²) in [5, 5.41) is 14.5. The monoisotopic (exact) mass is 369 g/mol. The van der Waals surface area contributed by atoms with E-state index in [2.05, 4.69) is 15.3 Å². The minimum absolute atomic E-state index is 0.183. The number of fused-ring (bicyclic) bond motifs is 1. The van der Waals surface area contributed by atoms with E-state index in [0.717, 1.165) is 36.3 Å². The van der Waals surface area contributed by atoms with Crippen molar-refractivity contribution in [1.29, 1.82) is 0 Å². The van der Waals surface area contributed by atoms with E-state index >= 15 is 0 Å². The van der Waals surface area contributed by atoms with Crippen LogP contribution in [0.2, 0.25) is 0 Å². The Balaban J connectivity index is 1.49. The number of nitrogens with zero attached hydrogens (tertiary/aromatic N) is 2. The van der Waals surface area contributed by atoms with Gasteiger partial charge in [0.1, 0.15) is 11.3 Å². The molecule has 2 N–H and O–H groups in total. The number of carbonyl (C=O) groups is 1. The standard InChI is InChI=1S/C21H27N3O3/c1-11(2)27-20(25)15-10-23-16-3-4-22-19(16)18(15)24-17-13-5-12-6-14(17)9-21(26,7-12)8-13/h4,10-14,17,26H,3,5-9H2,1-2H3,(H,23,24)/t12?,13-,14+,17?,21?. The lowest BCUT2D eigenvalue weighted by atomic mass is 9.52. The quantitative estimate of drug-likeness (QED) is 0.796. The Morgan fingerprint density at radius 2 is 2.04 bits per heavy atom. The number of hydrogen-bond donors (Lipinski definition) is 2. The van der Waals surface area contributed by atoms with Gasteiger partial charge in [-0.25, -0.2) is 4.79 Å². The van der Waals surface area contributed by atoms with E-state index in [1.807, 2.05) is 20.1 Å². The van der Waals surface area contributed by atoms with Crippen LogP contribution in [-0.4, -0.2) is 40.0 Å². The number of hydrogen-bond acceptors (Lipinski definition) is 6. The summed E-state index contributed by atoms with van der Waals surface area (Å²) in [5.74, 6) is 1.19. The maximum Gasteiger partial charge on any atom is 0.342 e. The minimum atomic E-state index is -0.466. The molecule has 6 rings (SSSR count). The van der Waals surface area contributed by atoms with Crippen LogP contribution in [0.15, 0.2) is 11.2 Å². The second kappa shape index (κ2) is 6.03. The molecule has 3 unspecified atom stereocenters. The third-order valence-corrected chi connectivity index (χ3v) is 6.75. The number of carbonyl (C=O) groups excluding carboxylic acids is 1. The molecule has 2 heterocycles. The maximum absolute atomic E-state index is 12.7. The van der Waals surface area contributed by atoms with Crippen molar-refractivity contribution in [3.63, 3.8) is 0 Å². The molecule has 1 aliphatic heterocycles. The molecule has 27 heavy (non-hydrogen) atoms. The Morgan fingerprint density at radius 3 is 2.70 bits per heavy atom. The summed E-state index contributed by atoms with van der Waals surface area (Å²) in [5.41, 5.74) is 2.45. The van der Waals surface area contributed by atoms with E-state index in [9.17, 15) is 9.90 Å². The first kappa shape index (κ1) is 17.2. The number of aliphatic imine (C=N–C) groups is 1. The van der Waals surface area contributed by atoms with E-state index in [1.165, 1.54) is 12.8 Å². The smallest absolute Gasteiger partial charge is 0.342 e. The molecule has 4 fully saturated rings. The lowest BCUT2D eigenvalue weighted by molar-refractivity contribution is -0.129. The lowest BCUT2D eigenvalue weighted by Gasteiger charge is -2.58. The molecule has 6 nitrogen and oxygen atoms in total. The van der Waals surface area contributed by atoms with Crippen LogP contribution >= 0.6 is 0 Å². The maximum atomic E-state index is 12.7. The average molecular weight is 369 g/mol. The minimum Gasteiger partial charge on any atom is -0.459 e. The number of rotatable bonds is 4. The van der Waals surface area contributed by atoms with Crippen LogP contribution in [0.4, 0.5) is 11.4 Å². The SMILES string of the molecule is CC(C)OC(=O)c1cnc2c(c1NC1[C@@H]3CC4C[C@H]1CC(O)(C4)C3)N=CC2. The molecule has 144 valence electrons. The Morgan fingerprint density at radius 1 is 1.30 bits per heavy atom. The highest BCUT2D eigenvalue weighted by Gasteiger charge is 2.55. The third kappa shape index (κ3) is 2.85. The van der Waals surface area contributed by atoms with Crippen LogP contribution in [0, 0.1) is 17.8 Å². The molecule has 0 spiro atoms. The van der Waals surface area contributed by atoms with Gasteiger partial charge in [-0.15, -0.1) is 0 Å². The summed E-state index contributed by atoms with van der Waals surface area (Å²) in [7, 11) is 0. The number of aromatic nitrogens is 1. The summed E-state index contributed by atoms with van der Waals surface area (Å²) >= 11 is 0. The molecule has 5 atom stereocenters. The highest BCUT2D eigenvalue weighted by atomic mass is 16.5. The van der Waals surface area contributed by atoms with Gasteiger partial charge in [0, 0.05) is 24.9 Å². The highest BCUT2D eigenvalue weighted by molar-refractivity contribution is 6.00. The van der Waals surface area contributed by atoms with Gasteiger partial charge < -0.3 is 15.2 Å². The second-order valence-electron chi connectivity index (χ2n) is 9.18. The van der Waals surface area contributed by atoms with E-state index in [4.69, 9.17) is 4.74 Å². The number of aliphatic hydroxyl groups is 1. The molecule has 6 heteroatoms. The van der Waals surface area contributed by atoms with Crippen LogP contribution in [0.25, 0.3) is 0 Å². The van der Waals surface area contributed by atoms with Crippen molar-refractivity contribution < 1.29 is 14.6 Å². The fourth-order valence-electron chi connectivity index (χ4n) is 6.01. The summed E-state index contributed by atoms with van der Waals surface area (Å²) in [6, 6.07) is 0.273. The van der Waals surface area contributed by atoms with Gasteiger partial charge in [0.15, 0.2) is 0 Å². The van der Waals surface area contributed by atoms with Gasteiger partial charge >= 0.3 is 5.97 Å². The topological polar surface area (TPSA) is 83.8 Å². The number of pyridine rings is 1. The molecule has 4 aliphatic carbocycles. The molecule has 4 saturated carbocycles. The molecule has 0 radical (unpaired) electrons. The number of esters is 1. The summed E-state index contributed by atoms with van der Waals surface area (Å²) in [4.78, 5) is 21.6. The van der Waals surface area contributed by atoms with Crippen molar-refractivity contribution in [3.8, 4) is 0 Å². The van der Waals surface area contributed by atoms with E-state index in [0.29, 0.717) is 29.7 Å². The van der Waals surface area contributed by atoms with Crippen LogP contribution in [0.3, 0.4) is 0 Å². The van der Waals surface area contributed by atoms with Crippen molar-refractivity contribution in [2.75, 3.05) is 5.32 Å². The van der Waals surface area contributed by atoms with Crippen LogP contribution in [0.1, 0.15) is 62.0 Å². The van der Waals surface area contributed by atoms with Crippen molar-refractivity contribution in [3.05, 3.63) is 17.5 Å². The van der Waals surface area contributed by atoms with Crippen molar-refractivity contribution in [1.82, 2.24) is 4.98 Å². The van der Waals surface area contributed by atoms with E-state index in [-0.39, 0.29) is 18.1 Å². The highest BCUT2D eigenvalue weighted by Crippen LogP contribution is 2.56. The normalized spacial score (nSPS) is 35.6. The van der Waals surface area contributed by atoms with Crippen molar-refractivity contribution in [2.24, 2.45) is 22.7 Å². The Kier molecular flexibility index (Phi) is 3.83. The molecule has 5 aliphatic rings. The number of anilines is 1. The Hall–Kier alpha value is -1.95. The van der Waals surface area contributed by atoms with Crippen LogP contribution in [-0.2, 0) is 11.2 Å². The van der Waals surface area contributed by atoms with Crippen LogP contribution < -0.4 is 5.32 Å². The van der Waals surface area contributed by atoms with E-state index in [1.54, 1.807) is 6.20 Å². The first-order chi connectivity index (χ1) is 12.9. The van der Waals surface area contributed by atoms with Crippen LogP contribution in [0.5, 0.6) is 0 Å². The predicted molar refractivity (Wildman–Crippen MR) is 103 cm³/mol. The van der Waals surface area contributed by atoms with Gasteiger partial charge in [0.2, 0.25) is 0 Å². The van der Waals surface area contributed by atoms with Gasteiger partial charge in [0.25, 0.3) is 0 Å². The third-order valence-electron chi connectivity index (χ3n) is 6.75. The van der Waals surface area contributed by atoms with Gasteiger partial charge in [-0.05, 0) is 63.7 Å². The summed E-state index contributed by atoms with van der Waals surface area (Å²) in [6.45, 7) is 3.70. The molecule has 0 aromatic carbocycles. The lowest BCUT2D eigenvalue weighted by Crippen LogP contribution is -2.59. The Bertz CT molecular complexity index is 803. The average Bonchev–Trinajstić information content (AvgIpc) is 3.04. The largest absolute Gasteiger partial charge is 0.459 e. The zero-order valence-corrected chi connectivity index (χ0v) is 15.9. The second-order valence-corrected chi connectivity index (χ2v) is 9.18. The van der Waals surface area contributed by atoms with Crippen molar-refractivity contribution >= 4 is 23.6 Å². The van der Waals surface area contributed by atoms with Crippen molar-refractivity contribution in [2.45, 2.75) is 70.1 Å². The first-order valence-electron chi connectivity index (χ1n) is 10.2. The van der Waals surface area contributed by atoms with Gasteiger partial charge in [-0.1, -0.05) is 0 Å². The fourth-order valence-corrected chi connectivity index (χ4v) is 6.01. The van der Waals surface area contributed by atoms with E-state index < -0.39 is 5.60 Å². The molecular formula is C21H27N3O3. The molecular weight excluding hydrogens is 342 g/mol. The summed E-state index contributed by atoms with van der Waals surface area (Å²) < 4.78 is 5.45. The fraction of sp³-hybridized carbons (Fsp3) is 0.667. The number of nitrogens with one attached hydrogen (secondary N) is 1. The van der Waals surface area contributed by atoms with Gasteiger partial charge in [-0.2, -0.15) is 0 Å². The Labute approximate surface area is 159 Å².